The number of carbonyl (C=O) groups is 1. The van der Waals surface area contributed by atoms with Gasteiger partial charge in [-0.2, -0.15) is 23.4 Å². The van der Waals surface area contributed by atoms with Crippen LogP contribution in [-0.4, -0.2) is 38.3 Å². The van der Waals surface area contributed by atoms with Gasteiger partial charge >= 0.3 is 6.18 Å². The van der Waals surface area contributed by atoms with Crippen LogP contribution in [0.1, 0.15) is 17.8 Å². The summed E-state index contributed by atoms with van der Waals surface area (Å²) in [5.74, 6) is -0.238. The molecule has 0 aliphatic carbocycles. The van der Waals surface area contributed by atoms with E-state index < -0.39 is 12.8 Å². The summed E-state index contributed by atoms with van der Waals surface area (Å²) in [6, 6.07) is 1.92. The number of amides is 1. The number of hydrogen-bond acceptors (Lipinski definition) is 4. The van der Waals surface area contributed by atoms with Gasteiger partial charge in [0.25, 0.3) is 0 Å². The molecule has 24 heavy (non-hydrogen) atoms. The van der Waals surface area contributed by atoms with E-state index in [4.69, 9.17) is 0 Å². The molecule has 0 aromatic carbocycles. The van der Waals surface area contributed by atoms with Crippen molar-refractivity contribution >= 4 is 11.6 Å². The fourth-order valence-electron chi connectivity index (χ4n) is 2.09. The molecule has 1 amide bonds. The monoisotopic (exact) mass is 345 g/mol. The van der Waals surface area contributed by atoms with Gasteiger partial charge in [0.1, 0.15) is 13.3 Å². The molecule has 2 rings (SSSR count). The lowest BCUT2D eigenvalue weighted by molar-refractivity contribution is -0.182. The van der Waals surface area contributed by atoms with Crippen molar-refractivity contribution in [2.45, 2.75) is 39.7 Å². The molecule has 132 valence electrons. The van der Waals surface area contributed by atoms with E-state index in [2.05, 4.69) is 20.3 Å². The summed E-state index contributed by atoms with van der Waals surface area (Å²) in [5, 5.41) is 10.7. The highest BCUT2D eigenvalue weighted by molar-refractivity contribution is 5.90. The number of anilines is 1. The van der Waals surface area contributed by atoms with Gasteiger partial charge in [0.2, 0.25) is 5.91 Å². The van der Waals surface area contributed by atoms with Crippen LogP contribution in [0.5, 0.6) is 0 Å². The summed E-state index contributed by atoms with van der Waals surface area (Å²) in [6.07, 6.45) is -1.42. The van der Waals surface area contributed by atoms with Crippen LogP contribution in [-0.2, 0) is 22.8 Å². The van der Waals surface area contributed by atoms with Crippen LogP contribution in [0.4, 0.5) is 18.9 Å². The Kier molecular flexibility index (Phi) is 5.60. The van der Waals surface area contributed by atoms with Gasteiger partial charge in [-0.1, -0.05) is 0 Å². The minimum Gasteiger partial charge on any atom is -0.350 e. The summed E-state index contributed by atoms with van der Waals surface area (Å²) in [5.41, 5.74) is 2.24. The average Bonchev–Trinajstić information content (AvgIpc) is 3.01. The second kappa shape index (κ2) is 7.47. The van der Waals surface area contributed by atoms with E-state index >= 15 is 0 Å². The van der Waals surface area contributed by atoms with Gasteiger partial charge in [-0.25, -0.2) is 4.68 Å². The van der Waals surface area contributed by atoms with Crippen molar-refractivity contribution in [2.24, 2.45) is 0 Å². The number of aromatic nitrogens is 4. The number of rotatable bonds is 7. The quantitative estimate of drug-likeness (QED) is 0.835. The van der Waals surface area contributed by atoms with Crippen molar-refractivity contribution in [1.82, 2.24) is 19.6 Å². The number of nitrogens with zero attached hydrogens (tertiary/aromatic N) is 4. The molecule has 0 atom stereocenters. The lowest BCUT2D eigenvalue weighted by Crippen LogP contribution is -2.18. The van der Waals surface area contributed by atoms with E-state index in [1.807, 2.05) is 19.9 Å². The number of ether oxygens (including phenoxy) is 1. The molecule has 0 bridgehead atoms. The van der Waals surface area contributed by atoms with E-state index in [0.29, 0.717) is 12.2 Å². The Balaban J connectivity index is 1.77. The summed E-state index contributed by atoms with van der Waals surface area (Å²) in [4.78, 5) is 11.9. The minimum absolute atomic E-state index is 0.220. The van der Waals surface area contributed by atoms with Crippen molar-refractivity contribution in [3.8, 4) is 0 Å². The van der Waals surface area contributed by atoms with E-state index in [1.54, 1.807) is 4.68 Å². The summed E-state index contributed by atoms with van der Waals surface area (Å²) in [7, 11) is 0. The smallest absolute Gasteiger partial charge is 0.350 e. The predicted octanol–water partition coefficient (Wildman–Crippen LogP) is 2.26. The third-order valence-corrected chi connectivity index (χ3v) is 3.06. The van der Waals surface area contributed by atoms with Crippen molar-refractivity contribution < 1.29 is 22.7 Å². The molecule has 2 heterocycles. The van der Waals surface area contributed by atoms with Gasteiger partial charge in [-0.3, -0.25) is 9.48 Å². The Labute approximate surface area is 136 Å². The van der Waals surface area contributed by atoms with Crippen molar-refractivity contribution in [1.29, 1.82) is 0 Å². The lowest BCUT2D eigenvalue weighted by atomic mass is 10.3. The van der Waals surface area contributed by atoms with Crippen molar-refractivity contribution in [3.63, 3.8) is 0 Å². The lowest BCUT2D eigenvalue weighted by Gasteiger charge is -2.07. The highest BCUT2D eigenvalue weighted by Gasteiger charge is 2.27. The molecule has 2 aromatic rings. The molecule has 0 aliphatic heterocycles. The molecule has 0 spiro atoms. The topological polar surface area (TPSA) is 74.0 Å². The van der Waals surface area contributed by atoms with Crippen LogP contribution < -0.4 is 5.32 Å². The SMILES string of the molecule is Cc1cc(C)n(CCC(=O)Nc2cnn(COCC(F)(F)F)c2)n1. The molecule has 2 aromatic heterocycles. The Hall–Kier alpha value is -2.36. The van der Waals surface area contributed by atoms with Gasteiger partial charge in [-0.15, -0.1) is 0 Å². The van der Waals surface area contributed by atoms with Crippen LogP contribution >= 0.6 is 0 Å². The Morgan fingerprint density at radius 1 is 1.38 bits per heavy atom. The summed E-state index contributed by atoms with van der Waals surface area (Å²) in [6.45, 7) is 2.52. The highest BCUT2D eigenvalue weighted by atomic mass is 19.4. The van der Waals surface area contributed by atoms with E-state index in [1.165, 1.54) is 17.1 Å². The number of nitrogens with one attached hydrogen (secondary N) is 1. The van der Waals surface area contributed by atoms with Gasteiger partial charge in [0, 0.05) is 18.7 Å². The maximum Gasteiger partial charge on any atom is 0.411 e. The first-order valence-corrected chi connectivity index (χ1v) is 7.21. The van der Waals surface area contributed by atoms with E-state index in [0.717, 1.165) is 11.4 Å². The highest BCUT2D eigenvalue weighted by Crippen LogP contribution is 2.15. The molecule has 0 radical (unpaired) electrons. The first-order valence-electron chi connectivity index (χ1n) is 7.21. The van der Waals surface area contributed by atoms with Crippen LogP contribution in [0.2, 0.25) is 0 Å². The zero-order valence-corrected chi connectivity index (χ0v) is 13.3. The predicted molar refractivity (Wildman–Crippen MR) is 79.2 cm³/mol. The molecule has 0 fully saturated rings. The third kappa shape index (κ3) is 5.69. The third-order valence-electron chi connectivity index (χ3n) is 3.06. The van der Waals surface area contributed by atoms with Crippen LogP contribution in [0.15, 0.2) is 18.5 Å². The molecule has 0 saturated heterocycles. The fraction of sp³-hybridized carbons (Fsp3) is 0.500. The van der Waals surface area contributed by atoms with Gasteiger partial charge in [0.15, 0.2) is 0 Å². The molecular weight excluding hydrogens is 327 g/mol. The standard InChI is InChI=1S/C14H18F3N5O2/c1-10-5-11(2)22(20-10)4-3-13(23)19-12-6-18-21(7-12)9-24-8-14(15,16)17/h5-7H,3-4,8-9H2,1-2H3,(H,19,23). The molecule has 0 aliphatic rings. The summed E-state index contributed by atoms with van der Waals surface area (Å²) >= 11 is 0. The first-order chi connectivity index (χ1) is 11.2. The Morgan fingerprint density at radius 3 is 2.75 bits per heavy atom. The first kappa shape index (κ1) is 18.0. The Morgan fingerprint density at radius 2 is 2.12 bits per heavy atom. The maximum absolute atomic E-state index is 12.0. The zero-order valence-electron chi connectivity index (χ0n) is 13.3. The maximum atomic E-state index is 12.0. The number of hydrogen-bond donors (Lipinski definition) is 1. The number of aryl methyl sites for hydroxylation is 3. The zero-order chi connectivity index (χ0) is 17.7. The van der Waals surface area contributed by atoms with E-state index in [9.17, 15) is 18.0 Å². The Bertz CT molecular complexity index is 693. The second-order valence-corrected chi connectivity index (χ2v) is 5.31. The molecule has 1 N–H and O–H groups in total. The normalized spacial score (nSPS) is 11.7. The van der Waals surface area contributed by atoms with Crippen LogP contribution in [0, 0.1) is 13.8 Å². The average molecular weight is 345 g/mol. The minimum atomic E-state index is -4.38. The molecule has 0 unspecified atom stereocenters. The number of carbonyl (C=O) groups excluding carboxylic acids is 1. The van der Waals surface area contributed by atoms with Crippen LogP contribution in [0.25, 0.3) is 0 Å². The number of halogens is 3. The summed E-state index contributed by atoms with van der Waals surface area (Å²) < 4.78 is 43.3. The largest absolute Gasteiger partial charge is 0.411 e. The molecule has 10 heteroatoms. The van der Waals surface area contributed by atoms with Crippen molar-refractivity contribution in [2.75, 3.05) is 11.9 Å². The van der Waals surface area contributed by atoms with Crippen LogP contribution in [0.3, 0.4) is 0 Å². The van der Waals surface area contributed by atoms with Gasteiger partial charge in [-0.05, 0) is 19.9 Å². The van der Waals surface area contributed by atoms with Crippen molar-refractivity contribution in [3.05, 3.63) is 29.8 Å². The molecule has 0 saturated carbocycles. The molecule has 7 nitrogen and oxygen atoms in total. The van der Waals surface area contributed by atoms with Gasteiger partial charge < -0.3 is 10.1 Å². The van der Waals surface area contributed by atoms with E-state index in [-0.39, 0.29) is 19.1 Å². The number of alkyl halides is 3. The molecular formula is C14H18F3N5O2. The fourth-order valence-corrected chi connectivity index (χ4v) is 2.09. The van der Waals surface area contributed by atoms with Gasteiger partial charge in [0.05, 0.1) is 23.8 Å². The second-order valence-electron chi connectivity index (χ2n) is 5.31.